The molecule has 0 saturated carbocycles. The molecule has 252 valence electrons. The summed E-state index contributed by atoms with van der Waals surface area (Å²) in [6.07, 6.45) is 0. The van der Waals surface area contributed by atoms with Crippen LogP contribution in [0.4, 0.5) is 0 Å². The van der Waals surface area contributed by atoms with Crippen molar-refractivity contribution >= 4 is 54.4 Å². The van der Waals surface area contributed by atoms with Gasteiger partial charge in [0, 0.05) is 32.9 Å². The van der Waals surface area contributed by atoms with Crippen LogP contribution in [-0.4, -0.2) is 9.13 Å². The molecule has 0 N–H and O–H groups in total. The van der Waals surface area contributed by atoms with E-state index in [1.807, 2.05) is 91.0 Å². The Hall–Kier alpha value is -7.16. The monoisotopic (exact) mass is 693 g/mol. The average Bonchev–Trinajstić information content (AvgIpc) is 3.84. The first-order valence-electron chi connectivity index (χ1n) is 21.5. The fraction of sp³-hybridized carbons (Fsp3) is 0. The van der Waals surface area contributed by atoms with Crippen LogP contribution in [0.25, 0.3) is 99.1 Å². The van der Waals surface area contributed by atoms with Crippen molar-refractivity contribution in [2.24, 2.45) is 0 Å². The van der Waals surface area contributed by atoms with E-state index in [0.29, 0.717) is 11.3 Å². The quantitative estimate of drug-likeness (QED) is 0.170. The van der Waals surface area contributed by atoms with Crippen LogP contribution in [0.15, 0.2) is 206 Å². The molecule has 0 aliphatic heterocycles. The van der Waals surface area contributed by atoms with Gasteiger partial charge < -0.3 is 9.13 Å². The molecule has 0 atom stereocenters. The minimum absolute atomic E-state index is 0.0740. The minimum atomic E-state index is -0.421. The highest BCUT2D eigenvalue weighted by molar-refractivity contribution is 6.13. The normalized spacial score (nSPS) is 13.5. The van der Waals surface area contributed by atoms with Gasteiger partial charge in [0.15, 0.2) is 0 Å². The van der Waals surface area contributed by atoms with E-state index in [1.165, 1.54) is 0 Å². The molecule has 2 nitrogen and oxygen atoms in total. The van der Waals surface area contributed by atoms with Crippen molar-refractivity contribution in [1.29, 1.82) is 0 Å². The molecule has 0 saturated heterocycles. The van der Waals surface area contributed by atoms with Gasteiger partial charge >= 0.3 is 0 Å². The first-order valence-corrected chi connectivity index (χ1v) is 18.0. The highest BCUT2D eigenvalue weighted by atomic mass is 15.0. The predicted molar refractivity (Wildman–Crippen MR) is 229 cm³/mol. The van der Waals surface area contributed by atoms with E-state index in [0.717, 1.165) is 60.5 Å². The van der Waals surface area contributed by atoms with Gasteiger partial charge in [0.25, 0.3) is 0 Å². The minimum Gasteiger partial charge on any atom is -0.309 e. The Morgan fingerprint density at radius 3 is 1.78 bits per heavy atom. The van der Waals surface area contributed by atoms with Crippen molar-refractivity contribution < 1.29 is 9.60 Å². The molecule has 2 aromatic heterocycles. The lowest BCUT2D eigenvalue weighted by Crippen LogP contribution is -1.94. The number of para-hydroxylation sites is 2. The summed E-state index contributed by atoms with van der Waals surface area (Å²) < 4.78 is 68.5. The van der Waals surface area contributed by atoms with Crippen LogP contribution in [0.3, 0.4) is 0 Å². The molecule has 0 unspecified atom stereocenters. The fourth-order valence-electron chi connectivity index (χ4n) is 7.93. The van der Waals surface area contributed by atoms with Crippen LogP contribution in [0.5, 0.6) is 0 Å². The largest absolute Gasteiger partial charge is 0.309 e. The number of fused-ring (bicyclic) bond motifs is 7. The van der Waals surface area contributed by atoms with Gasteiger partial charge in [-0.25, -0.2) is 0 Å². The van der Waals surface area contributed by atoms with Crippen molar-refractivity contribution in [3.05, 3.63) is 206 Å². The topological polar surface area (TPSA) is 9.86 Å². The summed E-state index contributed by atoms with van der Waals surface area (Å²) in [5.41, 5.74) is 8.77. The summed E-state index contributed by atoms with van der Waals surface area (Å²) >= 11 is 0. The number of aromatic nitrogens is 2. The number of hydrogen-bond acceptors (Lipinski definition) is 0. The lowest BCUT2D eigenvalue weighted by molar-refractivity contribution is 1.18. The van der Waals surface area contributed by atoms with Gasteiger partial charge in [-0.1, -0.05) is 139 Å². The number of rotatable bonds is 5. The fourth-order valence-corrected chi connectivity index (χ4v) is 7.93. The zero-order valence-corrected chi connectivity index (χ0v) is 29.0. The lowest BCUT2D eigenvalue weighted by atomic mass is 9.99. The van der Waals surface area contributed by atoms with Crippen molar-refractivity contribution in [1.82, 2.24) is 9.13 Å². The Balaban J connectivity index is 1.14. The Morgan fingerprint density at radius 2 is 0.926 bits per heavy atom. The zero-order chi connectivity index (χ0) is 41.7. The molecule has 0 spiro atoms. The third-order valence-corrected chi connectivity index (χ3v) is 10.5. The lowest BCUT2D eigenvalue weighted by Gasteiger charge is -2.11. The van der Waals surface area contributed by atoms with E-state index in [2.05, 4.69) is 77.4 Å². The highest BCUT2D eigenvalue weighted by Crippen LogP contribution is 2.39. The van der Waals surface area contributed by atoms with Gasteiger partial charge in [-0.2, -0.15) is 0 Å². The van der Waals surface area contributed by atoms with Crippen LogP contribution < -0.4 is 0 Å². The Kier molecular flexibility index (Phi) is 5.47. The first kappa shape index (κ1) is 24.2. The zero-order valence-electron chi connectivity index (χ0n) is 36.0. The molecule has 0 aliphatic carbocycles. The number of benzene rings is 9. The van der Waals surface area contributed by atoms with Crippen LogP contribution in [-0.2, 0) is 0 Å². The van der Waals surface area contributed by atoms with Crippen molar-refractivity contribution in [2.45, 2.75) is 0 Å². The molecule has 0 amide bonds. The van der Waals surface area contributed by atoms with E-state index >= 15 is 0 Å². The highest BCUT2D eigenvalue weighted by Gasteiger charge is 2.17. The molecule has 11 rings (SSSR count). The SMILES string of the molecule is [2H]c1c([2H])c([2H])c2c(c1[2H])c1c([2H])c(-c3ccc4c(c3)c3ccc(-c5ccccc5)cc3n4-c3ccccc3)c([2H])c([2H])c1n2-c1ccc(-c2ccc3ccccc3c2)cc1. The second-order valence-electron chi connectivity index (χ2n) is 13.6. The maximum Gasteiger partial charge on any atom is 0.0645 e. The predicted octanol–water partition coefficient (Wildman–Crippen LogP) is 14.0. The molecule has 54 heavy (non-hydrogen) atoms. The maximum atomic E-state index is 9.84. The maximum absolute atomic E-state index is 9.84. The van der Waals surface area contributed by atoms with E-state index in [-0.39, 0.29) is 57.6 Å². The Morgan fingerprint density at radius 1 is 0.315 bits per heavy atom. The standard InChI is InChI=1S/C52H34N2/c1-3-11-35(12-4-1)42-23-28-46-48-33-41(25-30-51(48)54(52(46)34-42)43-15-5-2-6-16-43)40-24-29-50-47(32-40)45-17-9-10-18-49(45)53(50)44-26-21-37(22-27-44)39-20-19-36-13-7-8-14-38(36)31-39/h1-34H/i9D,10D,17D,18D,24D,29D,32D. The Bertz CT molecular complexity index is 3590. The molecule has 11 aromatic rings. The summed E-state index contributed by atoms with van der Waals surface area (Å²) in [6.45, 7) is 0. The van der Waals surface area contributed by atoms with Crippen LogP contribution in [0.1, 0.15) is 9.60 Å². The van der Waals surface area contributed by atoms with E-state index in [9.17, 15) is 4.11 Å². The average molecular weight is 694 g/mol. The molecule has 9 aromatic carbocycles. The molecule has 0 radical (unpaired) electrons. The number of nitrogens with zero attached hydrogens (tertiary/aromatic N) is 2. The van der Waals surface area contributed by atoms with Gasteiger partial charge in [0.1, 0.15) is 0 Å². The van der Waals surface area contributed by atoms with Crippen LogP contribution in [0.2, 0.25) is 0 Å². The summed E-state index contributed by atoms with van der Waals surface area (Å²) in [5, 5.41) is 4.51. The van der Waals surface area contributed by atoms with Gasteiger partial charge in [0.2, 0.25) is 0 Å². The molecule has 2 heteroatoms. The van der Waals surface area contributed by atoms with Gasteiger partial charge in [-0.05, 0) is 111 Å². The molecule has 0 fully saturated rings. The summed E-state index contributed by atoms with van der Waals surface area (Å²) in [6, 6.07) is 52.9. The summed E-state index contributed by atoms with van der Waals surface area (Å²) in [7, 11) is 0. The molecular formula is C52H34N2. The van der Waals surface area contributed by atoms with Gasteiger partial charge in [0.05, 0.1) is 31.7 Å². The summed E-state index contributed by atoms with van der Waals surface area (Å²) in [5.74, 6) is 0. The van der Waals surface area contributed by atoms with E-state index < -0.39 is 12.1 Å². The van der Waals surface area contributed by atoms with Crippen molar-refractivity contribution in [2.75, 3.05) is 0 Å². The molecule has 2 heterocycles. The smallest absolute Gasteiger partial charge is 0.0645 e. The number of hydrogen-bond donors (Lipinski definition) is 0. The van der Waals surface area contributed by atoms with Crippen molar-refractivity contribution in [3.8, 4) is 44.8 Å². The molecule has 0 aliphatic rings. The first-order chi connectivity index (χ1) is 29.7. The van der Waals surface area contributed by atoms with Crippen LogP contribution in [0, 0.1) is 0 Å². The molecule has 0 bridgehead atoms. The second-order valence-corrected chi connectivity index (χ2v) is 13.6. The van der Waals surface area contributed by atoms with E-state index in [1.54, 1.807) is 4.57 Å². The van der Waals surface area contributed by atoms with E-state index in [4.69, 9.17) is 5.48 Å². The third-order valence-electron chi connectivity index (χ3n) is 10.5. The Labute approximate surface area is 323 Å². The van der Waals surface area contributed by atoms with Gasteiger partial charge in [-0.15, -0.1) is 0 Å². The third kappa shape index (κ3) is 4.88. The summed E-state index contributed by atoms with van der Waals surface area (Å²) in [4.78, 5) is 0. The second kappa shape index (κ2) is 12.2. The van der Waals surface area contributed by atoms with Crippen molar-refractivity contribution in [3.63, 3.8) is 0 Å². The van der Waals surface area contributed by atoms with Gasteiger partial charge in [-0.3, -0.25) is 0 Å². The van der Waals surface area contributed by atoms with Crippen LogP contribution >= 0.6 is 0 Å². The molecular weight excluding hydrogens is 653 g/mol.